The van der Waals surface area contributed by atoms with Gasteiger partial charge in [0.2, 0.25) is 0 Å². The third kappa shape index (κ3) is 3.43. The molecule has 2 heterocycles. The zero-order valence-corrected chi connectivity index (χ0v) is 13.6. The molecule has 1 unspecified atom stereocenters. The molecular weight excluding hydrogens is 290 g/mol. The molecule has 1 aromatic carbocycles. The molecule has 3 rings (SSSR count). The molecule has 1 atom stereocenters. The van der Waals surface area contributed by atoms with Gasteiger partial charge in [-0.25, -0.2) is 4.98 Å². The first-order chi connectivity index (χ1) is 11.2. The summed E-state index contributed by atoms with van der Waals surface area (Å²) in [4.78, 5) is 4.50. The molecule has 6 heteroatoms. The highest BCUT2D eigenvalue weighted by Gasteiger charge is 2.18. The van der Waals surface area contributed by atoms with Crippen molar-refractivity contribution < 1.29 is 4.74 Å². The van der Waals surface area contributed by atoms with Crippen LogP contribution in [0.1, 0.15) is 23.0 Å². The average molecular weight is 311 g/mol. The first-order valence-electron chi connectivity index (χ1n) is 7.49. The van der Waals surface area contributed by atoms with Crippen molar-refractivity contribution in [3.05, 3.63) is 66.0 Å². The highest BCUT2D eigenvalue weighted by atomic mass is 16.5. The van der Waals surface area contributed by atoms with Gasteiger partial charge in [-0.2, -0.15) is 5.10 Å². The second-order valence-electron chi connectivity index (χ2n) is 5.51. The van der Waals surface area contributed by atoms with Gasteiger partial charge in [0.05, 0.1) is 19.3 Å². The van der Waals surface area contributed by atoms with E-state index >= 15 is 0 Å². The molecule has 120 valence electrons. The van der Waals surface area contributed by atoms with E-state index in [4.69, 9.17) is 4.74 Å². The van der Waals surface area contributed by atoms with Crippen molar-refractivity contribution in [2.45, 2.75) is 12.6 Å². The Morgan fingerprint density at radius 1 is 1.22 bits per heavy atom. The third-order valence-electron chi connectivity index (χ3n) is 3.83. The number of aryl methyl sites for hydroxylation is 2. The molecule has 0 aliphatic carbocycles. The monoisotopic (exact) mass is 311 g/mol. The molecule has 6 nitrogen and oxygen atoms in total. The highest BCUT2D eigenvalue weighted by Crippen LogP contribution is 2.23. The molecule has 0 amide bonds. The fraction of sp³-hybridized carbons (Fsp3) is 0.294. The van der Waals surface area contributed by atoms with Crippen molar-refractivity contribution in [2.24, 2.45) is 14.1 Å². The Morgan fingerprint density at radius 2 is 2.00 bits per heavy atom. The first kappa shape index (κ1) is 15.3. The molecule has 2 aromatic heterocycles. The standard InChI is InChI=1S/C17H21N5O/c1-21-9-8-18-17(21)16(14-4-6-15(23-3)7-5-14)19-10-13-11-20-22(2)12-13/h4-9,11-12,16,19H,10H2,1-3H3. The lowest BCUT2D eigenvalue weighted by molar-refractivity contribution is 0.414. The number of aromatic nitrogens is 4. The highest BCUT2D eigenvalue weighted by molar-refractivity contribution is 5.32. The lowest BCUT2D eigenvalue weighted by Crippen LogP contribution is -2.24. The molecule has 0 aliphatic heterocycles. The molecule has 0 aliphatic rings. The Morgan fingerprint density at radius 3 is 2.57 bits per heavy atom. The second-order valence-corrected chi connectivity index (χ2v) is 5.51. The number of nitrogens with zero attached hydrogens (tertiary/aromatic N) is 4. The van der Waals surface area contributed by atoms with Crippen LogP contribution in [-0.2, 0) is 20.6 Å². The van der Waals surface area contributed by atoms with Gasteiger partial charge >= 0.3 is 0 Å². The number of methoxy groups -OCH3 is 1. The van der Waals surface area contributed by atoms with E-state index in [1.54, 1.807) is 11.8 Å². The zero-order chi connectivity index (χ0) is 16.2. The summed E-state index contributed by atoms with van der Waals surface area (Å²) in [5, 5.41) is 7.78. The number of hydrogen-bond donors (Lipinski definition) is 1. The number of benzene rings is 1. The van der Waals surface area contributed by atoms with Crippen molar-refractivity contribution in [2.75, 3.05) is 7.11 Å². The van der Waals surface area contributed by atoms with Crippen LogP contribution in [0, 0.1) is 0 Å². The molecule has 3 aromatic rings. The Hall–Kier alpha value is -2.60. The van der Waals surface area contributed by atoms with Crippen LogP contribution < -0.4 is 10.1 Å². The van der Waals surface area contributed by atoms with Gasteiger partial charge in [-0.15, -0.1) is 0 Å². The van der Waals surface area contributed by atoms with E-state index in [2.05, 4.69) is 27.5 Å². The quantitative estimate of drug-likeness (QED) is 0.757. The van der Waals surface area contributed by atoms with Gasteiger partial charge in [-0.3, -0.25) is 10.00 Å². The Labute approximate surface area is 135 Å². The van der Waals surface area contributed by atoms with E-state index < -0.39 is 0 Å². The average Bonchev–Trinajstić information content (AvgIpc) is 3.17. The van der Waals surface area contributed by atoms with Crippen LogP contribution in [-0.4, -0.2) is 26.4 Å². The van der Waals surface area contributed by atoms with Crippen molar-refractivity contribution in [3.8, 4) is 5.75 Å². The van der Waals surface area contributed by atoms with Crippen LogP contribution in [0.5, 0.6) is 5.75 Å². The van der Waals surface area contributed by atoms with E-state index in [1.807, 2.05) is 55.6 Å². The van der Waals surface area contributed by atoms with E-state index in [9.17, 15) is 0 Å². The molecule has 1 N–H and O–H groups in total. The van der Waals surface area contributed by atoms with E-state index in [1.165, 1.54) is 0 Å². The number of nitrogens with one attached hydrogen (secondary N) is 1. The first-order valence-corrected chi connectivity index (χ1v) is 7.49. The van der Waals surface area contributed by atoms with Crippen LogP contribution in [0.25, 0.3) is 0 Å². The van der Waals surface area contributed by atoms with E-state index in [0.717, 1.165) is 29.2 Å². The Bertz CT molecular complexity index is 759. The molecule has 0 spiro atoms. The Balaban J connectivity index is 1.85. The minimum atomic E-state index is 0.00103. The second kappa shape index (κ2) is 6.66. The maximum absolute atomic E-state index is 5.24. The van der Waals surface area contributed by atoms with Crippen molar-refractivity contribution in [1.29, 1.82) is 0 Å². The normalized spacial score (nSPS) is 12.3. The molecule has 0 saturated heterocycles. The van der Waals surface area contributed by atoms with Gasteiger partial charge in [-0.1, -0.05) is 12.1 Å². The number of hydrogen-bond acceptors (Lipinski definition) is 4. The zero-order valence-electron chi connectivity index (χ0n) is 13.6. The van der Waals surface area contributed by atoms with Crippen molar-refractivity contribution in [1.82, 2.24) is 24.6 Å². The van der Waals surface area contributed by atoms with Gasteiger partial charge in [-0.05, 0) is 17.7 Å². The lowest BCUT2D eigenvalue weighted by Gasteiger charge is -2.19. The van der Waals surface area contributed by atoms with E-state index in [-0.39, 0.29) is 6.04 Å². The van der Waals surface area contributed by atoms with Crippen molar-refractivity contribution in [3.63, 3.8) is 0 Å². The third-order valence-corrected chi connectivity index (χ3v) is 3.83. The largest absolute Gasteiger partial charge is 0.497 e. The summed E-state index contributed by atoms with van der Waals surface area (Å²) in [6.07, 6.45) is 7.65. The van der Waals surface area contributed by atoms with Gasteiger partial charge < -0.3 is 9.30 Å². The molecule has 0 bridgehead atoms. The topological polar surface area (TPSA) is 56.9 Å². The molecule has 0 fully saturated rings. The number of rotatable bonds is 6. The minimum Gasteiger partial charge on any atom is -0.497 e. The molecule has 23 heavy (non-hydrogen) atoms. The fourth-order valence-electron chi connectivity index (χ4n) is 2.59. The molecular formula is C17H21N5O. The summed E-state index contributed by atoms with van der Waals surface area (Å²) < 4.78 is 9.08. The predicted molar refractivity (Wildman–Crippen MR) is 88.1 cm³/mol. The number of ether oxygens (including phenoxy) is 1. The lowest BCUT2D eigenvalue weighted by atomic mass is 10.1. The SMILES string of the molecule is COc1ccc(C(NCc2cnn(C)c2)c2nccn2C)cc1. The summed E-state index contributed by atoms with van der Waals surface area (Å²) in [6.45, 7) is 0.720. The van der Waals surface area contributed by atoms with Gasteiger partial charge in [0.15, 0.2) is 0 Å². The molecule has 0 radical (unpaired) electrons. The van der Waals surface area contributed by atoms with Crippen LogP contribution in [0.15, 0.2) is 49.1 Å². The van der Waals surface area contributed by atoms with Crippen LogP contribution >= 0.6 is 0 Å². The minimum absolute atomic E-state index is 0.00103. The summed E-state index contributed by atoms with van der Waals surface area (Å²) in [5.74, 6) is 1.82. The summed E-state index contributed by atoms with van der Waals surface area (Å²) >= 11 is 0. The Kier molecular flexibility index (Phi) is 4.43. The number of imidazole rings is 1. The van der Waals surface area contributed by atoms with E-state index in [0.29, 0.717) is 0 Å². The van der Waals surface area contributed by atoms with Gasteiger partial charge in [0.1, 0.15) is 11.6 Å². The predicted octanol–water partition coefficient (Wildman–Crippen LogP) is 2.04. The van der Waals surface area contributed by atoms with Crippen molar-refractivity contribution >= 4 is 0 Å². The van der Waals surface area contributed by atoms with Crippen LogP contribution in [0.4, 0.5) is 0 Å². The van der Waals surface area contributed by atoms with Crippen LogP contribution in [0.2, 0.25) is 0 Å². The van der Waals surface area contributed by atoms with Crippen LogP contribution in [0.3, 0.4) is 0 Å². The maximum Gasteiger partial charge on any atom is 0.130 e. The summed E-state index contributed by atoms with van der Waals surface area (Å²) in [5.41, 5.74) is 2.28. The van der Waals surface area contributed by atoms with Gasteiger partial charge in [0, 0.05) is 44.8 Å². The smallest absolute Gasteiger partial charge is 0.130 e. The maximum atomic E-state index is 5.24. The molecule has 0 saturated carbocycles. The summed E-state index contributed by atoms with van der Waals surface area (Å²) in [6, 6.07) is 8.07. The fourth-order valence-corrected chi connectivity index (χ4v) is 2.59. The summed E-state index contributed by atoms with van der Waals surface area (Å²) in [7, 11) is 5.60. The van der Waals surface area contributed by atoms with Gasteiger partial charge in [0.25, 0.3) is 0 Å².